The van der Waals surface area contributed by atoms with Gasteiger partial charge in [0.1, 0.15) is 17.8 Å². The van der Waals surface area contributed by atoms with E-state index >= 15 is 0 Å². The molecule has 3 heterocycles. The van der Waals surface area contributed by atoms with Crippen LogP contribution >= 0.6 is 11.6 Å². The lowest BCUT2D eigenvalue weighted by Crippen LogP contribution is -2.53. The molecule has 0 bridgehead atoms. The van der Waals surface area contributed by atoms with Gasteiger partial charge in [-0.25, -0.2) is 9.97 Å². The molecule has 3 N–H and O–H groups in total. The van der Waals surface area contributed by atoms with E-state index in [9.17, 15) is 4.79 Å². The highest BCUT2D eigenvalue weighted by Crippen LogP contribution is 2.28. The van der Waals surface area contributed by atoms with Gasteiger partial charge in [0.2, 0.25) is 5.91 Å². The third-order valence-corrected chi connectivity index (χ3v) is 5.90. The molecule has 1 amide bonds. The molecule has 29 heavy (non-hydrogen) atoms. The molecule has 1 atom stereocenters. The van der Waals surface area contributed by atoms with Gasteiger partial charge in [0, 0.05) is 36.9 Å². The van der Waals surface area contributed by atoms with Crippen molar-refractivity contribution in [2.24, 2.45) is 5.73 Å². The number of nitrogens with two attached hydrogens (primary N) is 1. The number of hydrogen-bond donors (Lipinski definition) is 2. The summed E-state index contributed by atoms with van der Waals surface area (Å²) in [6.45, 7) is 6.81. The second-order valence-corrected chi connectivity index (χ2v) is 7.98. The Hall–Kier alpha value is -2.64. The van der Waals surface area contributed by atoms with E-state index in [1.807, 2.05) is 36.1 Å². The minimum absolute atomic E-state index is 0.0129. The third-order valence-electron chi connectivity index (χ3n) is 5.65. The largest absolute Gasteiger partial charge is 0.352 e. The van der Waals surface area contributed by atoms with E-state index in [1.165, 1.54) is 5.56 Å². The number of benzene rings is 1. The van der Waals surface area contributed by atoms with E-state index in [0.29, 0.717) is 24.5 Å². The second-order valence-electron chi connectivity index (χ2n) is 7.55. The van der Waals surface area contributed by atoms with Crippen LogP contribution in [0.5, 0.6) is 0 Å². The Kier molecular flexibility index (Phi) is 5.43. The lowest BCUT2D eigenvalue weighted by atomic mass is 10.1. The van der Waals surface area contributed by atoms with Gasteiger partial charge < -0.3 is 20.5 Å². The summed E-state index contributed by atoms with van der Waals surface area (Å²) >= 11 is 5.92. The first-order valence-corrected chi connectivity index (χ1v) is 10.2. The van der Waals surface area contributed by atoms with E-state index in [2.05, 4.69) is 26.8 Å². The number of piperazine rings is 1. The average molecular weight is 413 g/mol. The number of aromatic amines is 1. The highest BCUT2D eigenvalue weighted by Gasteiger charge is 2.27. The Balaban J connectivity index is 1.41. The molecule has 1 saturated heterocycles. The van der Waals surface area contributed by atoms with Crippen LogP contribution in [-0.2, 0) is 11.2 Å². The van der Waals surface area contributed by atoms with Crippen molar-refractivity contribution in [3.05, 3.63) is 52.4 Å². The second kappa shape index (κ2) is 8.00. The molecule has 4 rings (SSSR count). The molecule has 0 saturated carbocycles. The highest BCUT2D eigenvalue weighted by molar-refractivity contribution is 6.30. The lowest BCUT2D eigenvalue weighted by Gasteiger charge is -2.36. The Labute approximate surface area is 174 Å². The van der Waals surface area contributed by atoms with Gasteiger partial charge in [0.05, 0.1) is 11.4 Å². The summed E-state index contributed by atoms with van der Waals surface area (Å²) in [7, 11) is 0. The van der Waals surface area contributed by atoms with Crippen molar-refractivity contribution in [2.45, 2.75) is 26.3 Å². The first-order valence-electron chi connectivity index (χ1n) is 9.77. The minimum atomic E-state index is -0.553. The monoisotopic (exact) mass is 412 g/mol. The molecule has 1 aliphatic heterocycles. The smallest absolute Gasteiger partial charge is 0.239 e. The van der Waals surface area contributed by atoms with Gasteiger partial charge >= 0.3 is 0 Å². The molecule has 1 aromatic carbocycles. The molecule has 3 aromatic rings. The zero-order valence-corrected chi connectivity index (χ0v) is 17.4. The van der Waals surface area contributed by atoms with Crippen LogP contribution in [0.2, 0.25) is 5.02 Å². The first kappa shape index (κ1) is 19.7. The zero-order valence-electron chi connectivity index (χ0n) is 16.7. The molecule has 152 valence electrons. The Morgan fingerprint density at radius 1 is 1.17 bits per heavy atom. The Bertz CT molecular complexity index is 1020. The summed E-state index contributed by atoms with van der Waals surface area (Å²) < 4.78 is 0. The van der Waals surface area contributed by atoms with Crippen molar-refractivity contribution in [3.63, 3.8) is 0 Å². The molecule has 7 nitrogen and oxygen atoms in total. The molecule has 0 spiro atoms. The maximum Gasteiger partial charge on any atom is 0.239 e. The van der Waals surface area contributed by atoms with Crippen molar-refractivity contribution in [1.29, 1.82) is 0 Å². The van der Waals surface area contributed by atoms with E-state index in [4.69, 9.17) is 17.3 Å². The van der Waals surface area contributed by atoms with Gasteiger partial charge in [0.25, 0.3) is 0 Å². The summed E-state index contributed by atoms with van der Waals surface area (Å²) in [5.41, 5.74) is 10.3. The molecular weight excluding hydrogens is 388 g/mol. The highest BCUT2D eigenvalue weighted by atomic mass is 35.5. The summed E-state index contributed by atoms with van der Waals surface area (Å²) in [6.07, 6.45) is 2.09. The number of rotatable bonds is 4. The van der Waals surface area contributed by atoms with Crippen LogP contribution in [0.15, 0.2) is 30.6 Å². The number of nitrogens with one attached hydrogen (secondary N) is 1. The van der Waals surface area contributed by atoms with Gasteiger partial charge in [-0.1, -0.05) is 23.7 Å². The number of carbonyl (C=O) groups is 1. The SMILES string of the molecule is Cc1[nH]c2ncnc(N3CCN(C(=O)[C@H](N)Cc4ccc(Cl)cc4)CC3)c2c1C. The van der Waals surface area contributed by atoms with Crippen molar-refractivity contribution in [2.75, 3.05) is 31.1 Å². The number of carbonyl (C=O) groups excluding carboxylic acids is 1. The maximum atomic E-state index is 12.8. The fourth-order valence-electron chi connectivity index (χ4n) is 3.85. The minimum Gasteiger partial charge on any atom is -0.352 e. The van der Waals surface area contributed by atoms with E-state index in [-0.39, 0.29) is 5.91 Å². The molecular formula is C21H25ClN6O. The number of H-pyrrole nitrogens is 1. The summed E-state index contributed by atoms with van der Waals surface area (Å²) in [5, 5.41) is 1.74. The maximum absolute atomic E-state index is 12.8. The molecule has 1 fully saturated rings. The van der Waals surface area contributed by atoms with Crippen LogP contribution in [0.1, 0.15) is 16.8 Å². The number of halogens is 1. The molecule has 0 unspecified atom stereocenters. The predicted molar refractivity (Wildman–Crippen MR) is 115 cm³/mol. The van der Waals surface area contributed by atoms with E-state index in [1.54, 1.807) is 6.33 Å². The van der Waals surface area contributed by atoms with Crippen LogP contribution in [0.25, 0.3) is 11.0 Å². The van der Waals surface area contributed by atoms with E-state index in [0.717, 1.165) is 41.2 Å². The quantitative estimate of drug-likeness (QED) is 0.686. The van der Waals surface area contributed by atoms with E-state index < -0.39 is 6.04 Å². The molecule has 1 aliphatic rings. The van der Waals surface area contributed by atoms with Crippen molar-refractivity contribution in [1.82, 2.24) is 19.9 Å². The number of aromatic nitrogens is 3. The van der Waals surface area contributed by atoms with Gasteiger partial charge in [-0.05, 0) is 43.5 Å². The zero-order chi connectivity index (χ0) is 20.5. The Morgan fingerprint density at radius 2 is 1.86 bits per heavy atom. The number of aryl methyl sites for hydroxylation is 2. The fourth-order valence-corrected chi connectivity index (χ4v) is 3.98. The van der Waals surface area contributed by atoms with Gasteiger partial charge in [-0.15, -0.1) is 0 Å². The number of hydrogen-bond acceptors (Lipinski definition) is 5. The summed E-state index contributed by atoms with van der Waals surface area (Å²) in [4.78, 5) is 29.1. The van der Waals surface area contributed by atoms with Crippen molar-refractivity contribution in [3.8, 4) is 0 Å². The van der Waals surface area contributed by atoms with Crippen molar-refractivity contribution < 1.29 is 4.79 Å². The molecule has 0 aliphatic carbocycles. The number of nitrogens with zero attached hydrogens (tertiary/aromatic N) is 4. The van der Waals surface area contributed by atoms with Gasteiger partial charge in [-0.3, -0.25) is 4.79 Å². The fraction of sp³-hybridized carbons (Fsp3) is 0.381. The van der Waals surface area contributed by atoms with Crippen LogP contribution in [0.4, 0.5) is 5.82 Å². The number of fused-ring (bicyclic) bond motifs is 1. The average Bonchev–Trinajstić information content (AvgIpc) is 3.03. The third kappa shape index (κ3) is 3.93. The Morgan fingerprint density at radius 3 is 2.55 bits per heavy atom. The molecule has 0 radical (unpaired) electrons. The summed E-state index contributed by atoms with van der Waals surface area (Å²) in [6, 6.07) is 6.91. The number of amides is 1. The molecule has 8 heteroatoms. The predicted octanol–water partition coefficient (Wildman–Crippen LogP) is 2.45. The van der Waals surface area contributed by atoms with Crippen LogP contribution < -0.4 is 10.6 Å². The van der Waals surface area contributed by atoms with Crippen molar-refractivity contribution >= 4 is 34.4 Å². The normalized spacial score (nSPS) is 15.7. The lowest BCUT2D eigenvalue weighted by molar-refractivity contribution is -0.132. The number of anilines is 1. The standard InChI is InChI=1S/C21H25ClN6O/c1-13-14(2)26-19-18(13)20(25-12-24-19)27-7-9-28(10-8-27)21(29)17(23)11-15-3-5-16(22)6-4-15/h3-6,12,17H,7-11,23H2,1-2H3,(H,24,25,26)/t17-/m1/s1. The first-order chi connectivity index (χ1) is 13.9. The topological polar surface area (TPSA) is 91.1 Å². The van der Waals surface area contributed by atoms with Crippen LogP contribution in [-0.4, -0.2) is 58.0 Å². The molecule has 2 aromatic heterocycles. The van der Waals surface area contributed by atoms with Crippen LogP contribution in [0, 0.1) is 13.8 Å². The van der Waals surface area contributed by atoms with Gasteiger partial charge in [-0.2, -0.15) is 0 Å². The van der Waals surface area contributed by atoms with Gasteiger partial charge in [0.15, 0.2) is 0 Å². The van der Waals surface area contributed by atoms with Crippen LogP contribution in [0.3, 0.4) is 0 Å². The summed E-state index contributed by atoms with van der Waals surface area (Å²) in [5.74, 6) is 0.913.